The first kappa shape index (κ1) is 9.75. The van der Waals surface area contributed by atoms with E-state index in [1.807, 2.05) is 0 Å². The van der Waals surface area contributed by atoms with Gasteiger partial charge in [-0.15, -0.1) is 0 Å². The van der Waals surface area contributed by atoms with E-state index in [9.17, 15) is 0 Å². The third-order valence-corrected chi connectivity index (χ3v) is 2.60. The zero-order valence-corrected chi connectivity index (χ0v) is 8.49. The normalized spacial score (nSPS) is 10.4. The molecule has 68 valence electrons. The Bertz CT molecular complexity index is 182. The smallest absolute Gasteiger partial charge is 0.0213 e. The zero-order valence-electron chi connectivity index (χ0n) is 7.68. The molecule has 1 heterocycles. The Hall–Kier alpha value is -0.340. The lowest BCUT2D eigenvalue weighted by Gasteiger charge is -2.01. The van der Waals surface area contributed by atoms with Crippen LogP contribution in [0.3, 0.4) is 0 Å². The van der Waals surface area contributed by atoms with Gasteiger partial charge in [0, 0.05) is 6.54 Å². The molecule has 0 unspecified atom stereocenters. The van der Waals surface area contributed by atoms with Crippen molar-refractivity contribution in [3.05, 3.63) is 22.4 Å². The van der Waals surface area contributed by atoms with E-state index in [4.69, 9.17) is 0 Å². The fraction of sp³-hybridized carbons (Fsp3) is 0.600. The maximum Gasteiger partial charge on any atom is 0.0213 e. The number of rotatable bonds is 6. The van der Waals surface area contributed by atoms with Crippen LogP contribution in [0, 0.1) is 0 Å². The van der Waals surface area contributed by atoms with E-state index >= 15 is 0 Å². The summed E-state index contributed by atoms with van der Waals surface area (Å²) < 4.78 is 0. The molecule has 0 bridgehead atoms. The third kappa shape index (κ3) is 3.88. The summed E-state index contributed by atoms with van der Waals surface area (Å²) in [4.78, 5) is 0. The Morgan fingerprint density at radius 2 is 2.33 bits per heavy atom. The summed E-state index contributed by atoms with van der Waals surface area (Å²) in [6, 6.07) is 2.18. The monoisotopic (exact) mass is 183 g/mol. The first-order valence-electron chi connectivity index (χ1n) is 4.65. The van der Waals surface area contributed by atoms with Crippen LogP contribution < -0.4 is 5.32 Å². The quantitative estimate of drug-likeness (QED) is 0.668. The van der Waals surface area contributed by atoms with E-state index in [0.717, 1.165) is 13.1 Å². The van der Waals surface area contributed by atoms with Gasteiger partial charge < -0.3 is 5.32 Å². The molecular formula is C10H17NS. The van der Waals surface area contributed by atoms with Gasteiger partial charge >= 0.3 is 0 Å². The maximum atomic E-state index is 3.43. The second-order valence-corrected chi connectivity index (χ2v) is 3.80. The highest BCUT2D eigenvalue weighted by Gasteiger charge is 1.91. The van der Waals surface area contributed by atoms with Crippen LogP contribution >= 0.6 is 11.3 Å². The number of nitrogens with one attached hydrogen (secondary N) is 1. The molecule has 0 fully saturated rings. The molecule has 1 N–H and O–H groups in total. The van der Waals surface area contributed by atoms with Crippen molar-refractivity contribution in [2.45, 2.75) is 32.7 Å². The predicted octanol–water partition coefficient (Wildman–Crippen LogP) is 3.03. The van der Waals surface area contributed by atoms with Gasteiger partial charge in [-0.05, 0) is 35.4 Å². The molecule has 0 aliphatic carbocycles. The molecule has 1 aromatic heterocycles. The van der Waals surface area contributed by atoms with Crippen molar-refractivity contribution in [2.75, 3.05) is 6.54 Å². The average Bonchev–Trinajstić information content (AvgIpc) is 2.57. The minimum absolute atomic E-state index is 1.03. The Labute approximate surface area is 78.8 Å². The molecule has 12 heavy (non-hydrogen) atoms. The molecule has 0 saturated carbocycles. The molecule has 0 atom stereocenters. The minimum Gasteiger partial charge on any atom is -0.313 e. The molecule has 0 saturated heterocycles. The van der Waals surface area contributed by atoms with Crippen molar-refractivity contribution in [3.8, 4) is 0 Å². The van der Waals surface area contributed by atoms with E-state index in [1.165, 1.54) is 24.8 Å². The summed E-state index contributed by atoms with van der Waals surface area (Å²) in [5.74, 6) is 0. The largest absolute Gasteiger partial charge is 0.313 e. The zero-order chi connectivity index (χ0) is 8.65. The molecule has 0 amide bonds. The van der Waals surface area contributed by atoms with Crippen LogP contribution in [0.4, 0.5) is 0 Å². The standard InChI is InChI=1S/C10H17NS/c1-2-3-4-6-11-8-10-5-7-12-9-10/h5,7,9,11H,2-4,6,8H2,1H3. The summed E-state index contributed by atoms with van der Waals surface area (Å²) in [5, 5.41) is 7.76. The topological polar surface area (TPSA) is 12.0 Å². The van der Waals surface area contributed by atoms with Crippen molar-refractivity contribution in [3.63, 3.8) is 0 Å². The van der Waals surface area contributed by atoms with Gasteiger partial charge in [0.2, 0.25) is 0 Å². The van der Waals surface area contributed by atoms with E-state index in [0.29, 0.717) is 0 Å². The van der Waals surface area contributed by atoms with Crippen molar-refractivity contribution in [1.29, 1.82) is 0 Å². The second-order valence-electron chi connectivity index (χ2n) is 3.02. The minimum atomic E-state index is 1.03. The first-order chi connectivity index (χ1) is 5.93. The molecule has 0 spiro atoms. The highest BCUT2D eigenvalue weighted by atomic mass is 32.1. The summed E-state index contributed by atoms with van der Waals surface area (Å²) >= 11 is 1.77. The van der Waals surface area contributed by atoms with Crippen molar-refractivity contribution in [2.24, 2.45) is 0 Å². The van der Waals surface area contributed by atoms with E-state index in [1.54, 1.807) is 11.3 Å². The van der Waals surface area contributed by atoms with Crippen LogP contribution in [-0.2, 0) is 6.54 Å². The van der Waals surface area contributed by atoms with Crippen molar-refractivity contribution >= 4 is 11.3 Å². The summed E-state index contributed by atoms with van der Waals surface area (Å²) in [5.41, 5.74) is 1.41. The first-order valence-corrected chi connectivity index (χ1v) is 5.59. The fourth-order valence-electron chi connectivity index (χ4n) is 1.13. The molecule has 0 aliphatic heterocycles. The van der Waals surface area contributed by atoms with Gasteiger partial charge in [-0.1, -0.05) is 19.8 Å². The Balaban J connectivity index is 1.96. The highest BCUT2D eigenvalue weighted by Crippen LogP contribution is 2.04. The van der Waals surface area contributed by atoms with E-state index in [2.05, 4.69) is 29.1 Å². The van der Waals surface area contributed by atoms with Crippen LogP contribution in [-0.4, -0.2) is 6.54 Å². The molecule has 0 radical (unpaired) electrons. The molecular weight excluding hydrogens is 166 g/mol. The van der Waals surface area contributed by atoms with Crippen molar-refractivity contribution < 1.29 is 0 Å². The summed E-state index contributed by atoms with van der Waals surface area (Å²) in [6.45, 7) is 4.43. The lowest BCUT2D eigenvalue weighted by atomic mass is 10.2. The summed E-state index contributed by atoms with van der Waals surface area (Å²) in [6.07, 6.45) is 3.96. The van der Waals surface area contributed by atoms with Gasteiger partial charge in [0.05, 0.1) is 0 Å². The van der Waals surface area contributed by atoms with Crippen LogP contribution in [0.25, 0.3) is 0 Å². The Morgan fingerprint density at radius 3 is 3.00 bits per heavy atom. The predicted molar refractivity (Wildman–Crippen MR) is 55.6 cm³/mol. The molecule has 2 heteroatoms. The van der Waals surface area contributed by atoms with Crippen molar-refractivity contribution in [1.82, 2.24) is 5.32 Å². The summed E-state index contributed by atoms with van der Waals surface area (Å²) in [7, 11) is 0. The average molecular weight is 183 g/mol. The molecule has 0 aromatic carbocycles. The molecule has 1 rings (SSSR count). The number of unbranched alkanes of at least 4 members (excludes halogenated alkanes) is 2. The van der Waals surface area contributed by atoms with E-state index < -0.39 is 0 Å². The van der Waals surface area contributed by atoms with Gasteiger partial charge in [-0.3, -0.25) is 0 Å². The van der Waals surface area contributed by atoms with Crippen LogP contribution in [0.1, 0.15) is 31.7 Å². The van der Waals surface area contributed by atoms with E-state index in [-0.39, 0.29) is 0 Å². The Morgan fingerprint density at radius 1 is 1.42 bits per heavy atom. The molecule has 0 aliphatic rings. The van der Waals surface area contributed by atoms with Gasteiger partial charge in [0.15, 0.2) is 0 Å². The second kappa shape index (κ2) is 6.21. The number of hydrogen-bond acceptors (Lipinski definition) is 2. The SMILES string of the molecule is CCCCCNCc1ccsc1. The van der Waals surface area contributed by atoms with Gasteiger partial charge in [0.1, 0.15) is 0 Å². The van der Waals surface area contributed by atoms with Gasteiger partial charge in [0.25, 0.3) is 0 Å². The number of hydrogen-bond donors (Lipinski definition) is 1. The van der Waals surface area contributed by atoms with Crippen LogP contribution in [0.5, 0.6) is 0 Å². The lowest BCUT2D eigenvalue weighted by molar-refractivity contribution is 0.617. The van der Waals surface area contributed by atoms with Crippen LogP contribution in [0.15, 0.2) is 16.8 Å². The fourth-order valence-corrected chi connectivity index (χ4v) is 1.79. The molecule has 1 nitrogen and oxygen atoms in total. The maximum absolute atomic E-state index is 3.43. The van der Waals surface area contributed by atoms with Gasteiger partial charge in [-0.2, -0.15) is 11.3 Å². The highest BCUT2D eigenvalue weighted by molar-refractivity contribution is 7.07. The lowest BCUT2D eigenvalue weighted by Crippen LogP contribution is -2.13. The third-order valence-electron chi connectivity index (χ3n) is 1.87. The van der Waals surface area contributed by atoms with Crippen LogP contribution in [0.2, 0.25) is 0 Å². The number of thiophene rings is 1. The Kier molecular flexibility index (Phi) is 5.04. The van der Waals surface area contributed by atoms with Gasteiger partial charge in [-0.25, -0.2) is 0 Å². The molecule has 1 aromatic rings.